The molecule has 0 aliphatic heterocycles. The molecule has 18 heavy (non-hydrogen) atoms. The maximum Gasteiger partial charge on any atom is 0.360 e. The van der Waals surface area contributed by atoms with Gasteiger partial charge in [0, 0.05) is 12.8 Å². The number of Topliss-reactive ketones (excluding diaryl/α,β-unsaturated/α-hetero) is 1. The Bertz CT molecular complexity index is 494. The SMILES string of the molecule is Cc1coc2c(c1=[OH+])C(=O)CCC2.[O-][Cl+3]([O-])([O-])[O-]. The molecule has 0 spiro atoms. The molecule has 0 radical (unpaired) electrons. The standard InChI is InChI=1S/C10H10O3.ClHO4/c1-6-5-13-8-4-2-3-7(11)9(8)10(6)12;2-1(3,4)5/h5H,2-4H2,1H3;(H,2,3,4,5). The molecule has 2 rings (SSSR count). The third kappa shape index (κ3) is 4.21. The molecule has 7 nitrogen and oxygen atoms in total. The maximum atomic E-state index is 11.4. The second-order valence-corrected chi connectivity index (χ2v) is 4.48. The number of halogens is 1. The fourth-order valence-corrected chi connectivity index (χ4v) is 1.61. The summed E-state index contributed by atoms with van der Waals surface area (Å²) in [6.45, 7) is 1.72. The minimum absolute atomic E-state index is 0.00815. The lowest BCUT2D eigenvalue weighted by molar-refractivity contribution is -2.00. The molecular weight excluding hydrogens is 268 g/mol. The van der Waals surface area contributed by atoms with E-state index in [-0.39, 0.29) is 11.2 Å². The van der Waals surface area contributed by atoms with Gasteiger partial charge in [0.15, 0.2) is 11.3 Å². The van der Waals surface area contributed by atoms with Crippen LogP contribution < -0.4 is 24.1 Å². The summed E-state index contributed by atoms with van der Waals surface area (Å²) in [5.74, 6) is 0.616. The van der Waals surface area contributed by atoms with E-state index >= 15 is 0 Å². The largest absolute Gasteiger partial charge is 0.468 e. The third-order valence-electron chi connectivity index (χ3n) is 2.35. The fourth-order valence-electron chi connectivity index (χ4n) is 1.61. The molecule has 0 unspecified atom stereocenters. The Morgan fingerprint density at radius 2 is 1.83 bits per heavy atom. The molecule has 8 heteroatoms. The van der Waals surface area contributed by atoms with Crippen molar-refractivity contribution in [2.45, 2.75) is 26.2 Å². The summed E-state index contributed by atoms with van der Waals surface area (Å²) in [6.07, 6.45) is 3.57. The lowest BCUT2D eigenvalue weighted by Gasteiger charge is -2.17. The van der Waals surface area contributed by atoms with Crippen molar-refractivity contribution in [3.63, 3.8) is 0 Å². The number of hydrogen-bond donors (Lipinski definition) is 0. The molecule has 1 aliphatic carbocycles. The summed E-state index contributed by atoms with van der Waals surface area (Å²) in [5, 5.41) is 0. The van der Waals surface area contributed by atoms with Gasteiger partial charge in [0.1, 0.15) is 12.0 Å². The van der Waals surface area contributed by atoms with Crippen LogP contribution in [0, 0.1) is 17.2 Å². The predicted octanol–water partition coefficient (Wildman–Crippen LogP) is -3.64. The highest BCUT2D eigenvalue weighted by Gasteiger charge is 2.26. The molecule has 0 fully saturated rings. The first-order valence-corrected chi connectivity index (χ1v) is 6.21. The average molecular weight is 279 g/mol. The van der Waals surface area contributed by atoms with Crippen molar-refractivity contribution in [3.05, 3.63) is 28.6 Å². The van der Waals surface area contributed by atoms with Gasteiger partial charge in [0.05, 0.1) is 5.56 Å². The highest BCUT2D eigenvalue weighted by Crippen LogP contribution is 2.18. The quantitative estimate of drug-likeness (QED) is 0.448. The number of rotatable bonds is 0. The zero-order chi connectivity index (χ0) is 13.9. The van der Waals surface area contributed by atoms with Gasteiger partial charge in [-0.15, -0.1) is 10.2 Å². The van der Waals surface area contributed by atoms with E-state index in [0.717, 1.165) is 12.8 Å². The lowest BCUT2D eigenvalue weighted by atomic mass is 9.95. The normalized spacial score (nSPS) is 14.6. The highest BCUT2D eigenvalue weighted by atomic mass is 35.7. The van der Waals surface area contributed by atoms with Crippen molar-refractivity contribution < 1.29 is 42.9 Å². The smallest absolute Gasteiger partial charge is 0.360 e. The van der Waals surface area contributed by atoms with Crippen LogP contribution in [-0.4, -0.2) is 10.6 Å². The third-order valence-corrected chi connectivity index (χ3v) is 2.35. The zero-order valence-corrected chi connectivity index (χ0v) is 10.2. The molecular formula is C10H11ClO7. The minimum Gasteiger partial charge on any atom is -0.468 e. The molecule has 1 aliphatic rings. The van der Waals surface area contributed by atoms with Crippen LogP contribution in [0.3, 0.4) is 0 Å². The van der Waals surface area contributed by atoms with E-state index in [1.54, 1.807) is 6.92 Å². The van der Waals surface area contributed by atoms with Gasteiger partial charge >= 0.3 is 5.43 Å². The van der Waals surface area contributed by atoms with Crippen molar-refractivity contribution in [3.8, 4) is 0 Å². The van der Waals surface area contributed by atoms with Crippen LogP contribution >= 0.6 is 0 Å². The van der Waals surface area contributed by atoms with Crippen LogP contribution in [0.4, 0.5) is 0 Å². The van der Waals surface area contributed by atoms with Gasteiger partial charge in [0.2, 0.25) is 0 Å². The Morgan fingerprint density at radius 1 is 1.28 bits per heavy atom. The first-order chi connectivity index (χ1) is 8.20. The Morgan fingerprint density at radius 3 is 2.39 bits per heavy atom. The van der Waals surface area contributed by atoms with Crippen molar-refractivity contribution in [2.24, 2.45) is 0 Å². The van der Waals surface area contributed by atoms with Crippen LogP contribution in [0.2, 0.25) is 0 Å². The van der Waals surface area contributed by atoms with Crippen molar-refractivity contribution in [1.82, 2.24) is 0 Å². The summed E-state index contributed by atoms with van der Waals surface area (Å²) in [6, 6.07) is 0. The fraction of sp³-hybridized carbons (Fsp3) is 0.400. The summed E-state index contributed by atoms with van der Waals surface area (Å²) < 4.78 is 39.2. The predicted molar refractivity (Wildman–Crippen MR) is 45.8 cm³/mol. The first kappa shape index (κ1) is 14.8. The molecule has 100 valence electrons. The van der Waals surface area contributed by atoms with E-state index in [4.69, 9.17) is 23.1 Å². The summed E-state index contributed by atoms with van der Waals surface area (Å²) in [5.41, 5.74) is 1.10. The molecule has 0 aromatic carbocycles. The Balaban J connectivity index is 0.000000280. The van der Waals surface area contributed by atoms with Crippen molar-refractivity contribution in [1.29, 1.82) is 0 Å². The van der Waals surface area contributed by atoms with Gasteiger partial charge in [-0.05, 0) is 13.3 Å². The summed E-state index contributed by atoms with van der Waals surface area (Å²) >= 11 is 0. The molecule has 1 heterocycles. The molecule has 1 aromatic heterocycles. The molecule has 1 aromatic rings. The van der Waals surface area contributed by atoms with Crippen molar-refractivity contribution >= 4 is 5.78 Å². The molecule has 0 bridgehead atoms. The number of carbonyl (C=O) groups excluding carboxylic acids is 1. The topological polar surface area (TPSA) is 144 Å². The second kappa shape index (κ2) is 5.59. The van der Waals surface area contributed by atoms with Crippen LogP contribution in [0.15, 0.2) is 10.7 Å². The number of ketones is 1. The van der Waals surface area contributed by atoms with E-state index in [0.29, 0.717) is 23.3 Å². The van der Waals surface area contributed by atoms with E-state index < -0.39 is 10.2 Å². The van der Waals surface area contributed by atoms with Crippen LogP contribution in [0.1, 0.15) is 34.5 Å². The molecule has 0 saturated heterocycles. The highest BCUT2D eigenvalue weighted by molar-refractivity contribution is 5.97. The van der Waals surface area contributed by atoms with Gasteiger partial charge in [-0.3, -0.25) is 9.59 Å². The van der Waals surface area contributed by atoms with Crippen molar-refractivity contribution in [2.75, 3.05) is 0 Å². The first-order valence-electron chi connectivity index (χ1n) is 4.98. The molecule has 0 saturated carbocycles. The van der Waals surface area contributed by atoms with Gasteiger partial charge in [-0.1, -0.05) is 0 Å². The minimum atomic E-state index is -4.94. The maximum absolute atomic E-state index is 11.4. The van der Waals surface area contributed by atoms with Crippen LogP contribution in [0.25, 0.3) is 0 Å². The summed E-state index contributed by atoms with van der Waals surface area (Å²) in [7, 11) is -4.94. The Kier molecular flexibility index (Phi) is 4.60. The molecule has 0 atom stereocenters. The van der Waals surface area contributed by atoms with E-state index in [9.17, 15) is 9.59 Å². The number of hydrogen-bond acceptors (Lipinski definition) is 6. The monoisotopic (exact) mass is 278 g/mol. The van der Waals surface area contributed by atoms with E-state index in [1.807, 2.05) is 0 Å². The average Bonchev–Trinajstić information content (AvgIpc) is 2.21. The summed E-state index contributed by atoms with van der Waals surface area (Å²) in [4.78, 5) is 21.1. The van der Waals surface area contributed by atoms with Crippen LogP contribution in [-0.2, 0) is 6.42 Å². The van der Waals surface area contributed by atoms with E-state index in [1.165, 1.54) is 6.26 Å². The Labute approximate surface area is 104 Å². The molecule has 0 amide bonds. The van der Waals surface area contributed by atoms with Gasteiger partial charge in [-0.2, -0.15) is 0 Å². The lowest BCUT2D eigenvalue weighted by Crippen LogP contribution is -2.68. The number of fused-ring (bicyclic) bond motifs is 1. The molecule has 1 N–H and O–H groups in total. The zero-order valence-electron chi connectivity index (χ0n) is 9.47. The number of aryl methyl sites for hydroxylation is 2. The van der Waals surface area contributed by atoms with Gasteiger partial charge in [-0.25, -0.2) is 18.6 Å². The van der Waals surface area contributed by atoms with Gasteiger partial charge in [0.25, 0.3) is 0 Å². The number of carbonyl (C=O) groups is 1. The van der Waals surface area contributed by atoms with E-state index in [2.05, 4.69) is 0 Å². The second-order valence-electron chi connectivity index (χ2n) is 3.72. The van der Waals surface area contributed by atoms with Gasteiger partial charge < -0.3 is 4.42 Å². The van der Waals surface area contributed by atoms with Crippen LogP contribution in [0.5, 0.6) is 0 Å². The Hall–Kier alpha value is -1.25.